The summed E-state index contributed by atoms with van der Waals surface area (Å²) < 4.78 is 2.16. The predicted octanol–water partition coefficient (Wildman–Crippen LogP) is -0.629. The second-order valence-electron chi connectivity index (χ2n) is 0.722. The highest BCUT2D eigenvalue weighted by molar-refractivity contribution is 9.08. The first kappa shape index (κ1) is 5.91. The fourth-order valence-corrected chi connectivity index (χ4v) is 0.200. The van der Waals surface area contributed by atoms with Gasteiger partial charge in [0.15, 0.2) is 0 Å². The van der Waals surface area contributed by atoms with Crippen molar-refractivity contribution in [2.45, 2.75) is 0 Å². The maximum atomic E-state index is 9.90. The molecular formula is C2H5BrN2O. The third kappa shape index (κ3) is 2.17. The molecule has 0 rings (SSSR count). The van der Waals surface area contributed by atoms with E-state index in [1.807, 2.05) is 0 Å². The molecule has 6 heavy (non-hydrogen) atoms. The molecule has 0 aromatic carbocycles. The zero-order valence-corrected chi connectivity index (χ0v) is 4.66. The second-order valence-corrected chi connectivity index (χ2v) is 1.12. The number of amides is 1. The van der Waals surface area contributed by atoms with Gasteiger partial charge in [0.25, 0.3) is 0 Å². The van der Waals surface area contributed by atoms with Gasteiger partial charge in [-0.3, -0.25) is 9.14 Å². The van der Waals surface area contributed by atoms with Gasteiger partial charge in [0.1, 0.15) is 0 Å². The lowest BCUT2D eigenvalue weighted by Crippen LogP contribution is -2.22. The third-order valence-corrected chi connectivity index (χ3v) is 0.733. The molecule has 0 aromatic heterocycles. The summed E-state index contributed by atoms with van der Waals surface area (Å²) in [7, 11) is 0. The van der Waals surface area contributed by atoms with E-state index in [0.717, 1.165) is 0 Å². The molecule has 0 bridgehead atoms. The summed E-state index contributed by atoms with van der Waals surface area (Å²) in [4.78, 5) is 9.90. The number of halogens is 1. The summed E-state index contributed by atoms with van der Waals surface area (Å²) in [6, 6.07) is 0. The van der Waals surface area contributed by atoms with Crippen molar-refractivity contribution in [1.82, 2.24) is 4.34 Å². The summed E-state index contributed by atoms with van der Waals surface area (Å²) in [5, 5.41) is 0. The number of nitrogens with two attached hydrogens (primary N) is 1. The van der Waals surface area contributed by atoms with E-state index >= 15 is 0 Å². The summed E-state index contributed by atoms with van der Waals surface area (Å²) >= 11 is 2.70. The summed E-state index contributed by atoms with van der Waals surface area (Å²) in [5.74, 6) is -0.213. The number of rotatable bonds is 1. The number of nitrogens with one attached hydrogen (secondary N) is 1. The van der Waals surface area contributed by atoms with Gasteiger partial charge in [-0.1, -0.05) is 0 Å². The van der Waals surface area contributed by atoms with Crippen molar-refractivity contribution in [1.29, 1.82) is 0 Å². The standard InChI is InChI=1S/C2H5BrN2O/c3-5-2(6)1-4/h1,4H2,(H,5,6). The maximum absolute atomic E-state index is 9.90. The Morgan fingerprint density at radius 2 is 2.50 bits per heavy atom. The Bertz CT molecular complexity index is 49.5. The Kier molecular flexibility index (Phi) is 3.07. The Balaban J connectivity index is 2.99. The van der Waals surface area contributed by atoms with Gasteiger partial charge in [0, 0.05) is 16.1 Å². The zero-order valence-electron chi connectivity index (χ0n) is 3.07. The first-order chi connectivity index (χ1) is 2.81. The van der Waals surface area contributed by atoms with Crippen LogP contribution in [0.15, 0.2) is 0 Å². The Morgan fingerprint density at radius 3 is 2.50 bits per heavy atom. The smallest absolute Gasteiger partial charge is 0.243 e. The van der Waals surface area contributed by atoms with Crippen molar-refractivity contribution in [3.8, 4) is 0 Å². The SMILES string of the molecule is NCC(=O)NBr. The number of carbonyl (C=O) groups excluding carboxylic acids is 1. The fourth-order valence-electron chi connectivity index (χ4n) is 0.0386. The van der Waals surface area contributed by atoms with Crippen LogP contribution in [0.5, 0.6) is 0 Å². The van der Waals surface area contributed by atoms with Crippen molar-refractivity contribution in [3.05, 3.63) is 0 Å². The topological polar surface area (TPSA) is 55.1 Å². The van der Waals surface area contributed by atoms with Crippen molar-refractivity contribution in [3.63, 3.8) is 0 Å². The van der Waals surface area contributed by atoms with Gasteiger partial charge < -0.3 is 5.73 Å². The minimum Gasteiger partial charge on any atom is -0.322 e. The minimum atomic E-state index is -0.213. The van der Waals surface area contributed by atoms with Crippen LogP contribution in [0.25, 0.3) is 0 Å². The maximum Gasteiger partial charge on any atom is 0.243 e. The van der Waals surface area contributed by atoms with Crippen molar-refractivity contribution in [2.24, 2.45) is 5.73 Å². The van der Waals surface area contributed by atoms with Crippen LogP contribution in [-0.2, 0) is 4.79 Å². The van der Waals surface area contributed by atoms with Crippen molar-refractivity contribution in [2.75, 3.05) is 6.54 Å². The van der Waals surface area contributed by atoms with Crippen LogP contribution in [0.1, 0.15) is 0 Å². The van der Waals surface area contributed by atoms with Crippen LogP contribution in [0.3, 0.4) is 0 Å². The summed E-state index contributed by atoms with van der Waals surface area (Å²) in [5.41, 5.74) is 4.84. The van der Waals surface area contributed by atoms with E-state index in [2.05, 4.69) is 20.5 Å². The number of hydrogen-bond donors (Lipinski definition) is 2. The molecule has 3 nitrogen and oxygen atoms in total. The molecule has 0 atom stereocenters. The Hall–Kier alpha value is -0.0900. The molecule has 0 saturated carbocycles. The third-order valence-electron chi connectivity index (χ3n) is 0.291. The van der Waals surface area contributed by atoms with Gasteiger partial charge in [-0.05, 0) is 0 Å². The highest BCUT2D eigenvalue weighted by Gasteiger charge is 1.86. The lowest BCUT2D eigenvalue weighted by atomic mass is 10.7. The van der Waals surface area contributed by atoms with Gasteiger partial charge in [0.05, 0.1) is 6.54 Å². The highest BCUT2D eigenvalue weighted by Crippen LogP contribution is 1.63. The number of carbonyl (C=O) groups is 1. The van der Waals surface area contributed by atoms with E-state index in [-0.39, 0.29) is 12.5 Å². The molecule has 0 aliphatic rings. The molecule has 0 aliphatic heterocycles. The molecule has 0 unspecified atom stereocenters. The van der Waals surface area contributed by atoms with E-state index in [9.17, 15) is 4.79 Å². The fraction of sp³-hybridized carbons (Fsp3) is 0.500. The van der Waals surface area contributed by atoms with Gasteiger partial charge in [0.2, 0.25) is 5.91 Å². The zero-order chi connectivity index (χ0) is 4.99. The largest absolute Gasteiger partial charge is 0.322 e. The average Bonchev–Trinajstić information content (AvgIpc) is 1.65. The Labute approximate surface area is 44.2 Å². The molecule has 1 amide bonds. The van der Waals surface area contributed by atoms with Crippen molar-refractivity contribution >= 4 is 22.1 Å². The molecule has 0 aromatic rings. The van der Waals surface area contributed by atoms with Crippen LogP contribution >= 0.6 is 16.1 Å². The molecule has 0 spiro atoms. The van der Waals surface area contributed by atoms with E-state index in [4.69, 9.17) is 5.73 Å². The minimum absolute atomic E-state index is 0.0330. The van der Waals surface area contributed by atoms with E-state index in [1.165, 1.54) is 0 Å². The van der Waals surface area contributed by atoms with Gasteiger partial charge in [-0.25, -0.2) is 0 Å². The molecule has 0 saturated heterocycles. The molecular weight excluding hydrogens is 148 g/mol. The Morgan fingerprint density at radius 1 is 2.00 bits per heavy atom. The summed E-state index contributed by atoms with van der Waals surface area (Å²) in [6.07, 6.45) is 0. The van der Waals surface area contributed by atoms with Crippen LogP contribution in [-0.4, -0.2) is 12.5 Å². The normalized spacial score (nSPS) is 7.67. The van der Waals surface area contributed by atoms with E-state index < -0.39 is 0 Å². The number of hydrogen-bond acceptors (Lipinski definition) is 2. The lowest BCUT2D eigenvalue weighted by Gasteiger charge is -1.84. The predicted molar refractivity (Wildman–Crippen MR) is 26.1 cm³/mol. The highest BCUT2D eigenvalue weighted by atomic mass is 79.9. The molecule has 3 N–H and O–H groups in total. The van der Waals surface area contributed by atoms with Gasteiger partial charge in [-0.15, -0.1) is 0 Å². The van der Waals surface area contributed by atoms with E-state index in [1.54, 1.807) is 0 Å². The molecule has 0 aliphatic carbocycles. The van der Waals surface area contributed by atoms with Crippen molar-refractivity contribution < 1.29 is 4.79 Å². The summed E-state index contributed by atoms with van der Waals surface area (Å²) in [6.45, 7) is 0.0330. The molecule has 4 heteroatoms. The molecule has 0 radical (unpaired) electrons. The van der Waals surface area contributed by atoms with Crippen LogP contribution in [0, 0.1) is 0 Å². The van der Waals surface area contributed by atoms with Crippen LogP contribution < -0.4 is 10.1 Å². The van der Waals surface area contributed by atoms with Gasteiger partial charge in [-0.2, -0.15) is 0 Å². The second kappa shape index (κ2) is 3.11. The first-order valence-corrected chi connectivity index (χ1v) is 2.20. The molecule has 0 heterocycles. The lowest BCUT2D eigenvalue weighted by molar-refractivity contribution is -0.117. The monoisotopic (exact) mass is 152 g/mol. The quantitative estimate of drug-likeness (QED) is 0.493. The van der Waals surface area contributed by atoms with Gasteiger partial charge >= 0.3 is 0 Å². The van der Waals surface area contributed by atoms with Crippen LogP contribution in [0.4, 0.5) is 0 Å². The van der Waals surface area contributed by atoms with Crippen LogP contribution in [0.2, 0.25) is 0 Å². The first-order valence-electron chi connectivity index (χ1n) is 1.40. The average molecular weight is 153 g/mol. The molecule has 0 fully saturated rings. The molecule has 36 valence electrons. The van der Waals surface area contributed by atoms with E-state index in [0.29, 0.717) is 0 Å².